The van der Waals surface area contributed by atoms with Crippen molar-refractivity contribution in [2.24, 2.45) is 5.41 Å². The Kier molecular flexibility index (Phi) is 10.3. The third-order valence-corrected chi connectivity index (χ3v) is 4.04. The number of hydrogen-bond donors (Lipinski definition) is 0. The molecule has 17 heavy (non-hydrogen) atoms. The van der Waals surface area contributed by atoms with Crippen LogP contribution in [0.3, 0.4) is 0 Å². The van der Waals surface area contributed by atoms with E-state index in [9.17, 15) is 0 Å². The van der Waals surface area contributed by atoms with Gasteiger partial charge in [-0.1, -0.05) is 33.1 Å². The molecule has 0 aliphatic rings. The number of unbranched alkanes of at least 4 members (excludes halogenated alkanes) is 2. The molecule has 0 bridgehead atoms. The third kappa shape index (κ3) is 8.01. The maximum absolute atomic E-state index is 5.69. The molecular formula is C14H29ClO2. The zero-order valence-electron chi connectivity index (χ0n) is 11.9. The van der Waals surface area contributed by atoms with Crippen LogP contribution in [0.5, 0.6) is 0 Å². The van der Waals surface area contributed by atoms with Crippen LogP contribution in [0.15, 0.2) is 0 Å². The van der Waals surface area contributed by atoms with E-state index in [1.165, 1.54) is 25.7 Å². The van der Waals surface area contributed by atoms with Crippen molar-refractivity contribution in [3.8, 4) is 0 Å². The van der Waals surface area contributed by atoms with Crippen molar-refractivity contribution in [3.05, 3.63) is 0 Å². The highest BCUT2D eigenvalue weighted by molar-refractivity contribution is 6.17. The van der Waals surface area contributed by atoms with Crippen LogP contribution in [0.25, 0.3) is 0 Å². The van der Waals surface area contributed by atoms with Crippen LogP contribution in [-0.2, 0) is 9.47 Å². The monoisotopic (exact) mass is 264 g/mol. The Hall–Kier alpha value is 0.210. The number of methoxy groups -OCH3 is 2. The molecule has 0 heterocycles. The van der Waals surface area contributed by atoms with E-state index in [2.05, 4.69) is 13.8 Å². The number of hydrogen-bond acceptors (Lipinski definition) is 2. The van der Waals surface area contributed by atoms with Crippen LogP contribution in [0, 0.1) is 5.41 Å². The molecule has 0 aliphatic carbocycles. The fraction of sp³-hybridized carbons (Fsp3) is 1.00. The second-order valence-electron chi connectivity index (χ2n) is 5.10. The summed E-state index contributed by atoms with van der Waals surface area (Å²) in [6.07, 6.45) is 8.25. The zero-order valence-corrected chi connectivity index (χ0v) is 12.7. The Morgan fingerprint density at radius 2 is 1.71 bits per heavy atom. The zero-order chi connectivity index (χ0) is 13.1. The van der Waals surface area contributed by atoms with Gasteiger partial charge in [0.1, 0.15) is 0 Å². The summed E-state index contributed by atoms with van der Waals surface area (Å²) in [5.74, 6) is 0.790. The highest BCUT2D eigenvalue weighted by Crippen LogP contribution is 2.34. The summed E-state index contributed by atoms with van der Waals surface area (Å²) in [6, 6.07) is 0. The molecule has 104 valence electrons. The smallest absolute Gasteiger partial charge is 0.156 e. The standard InChI is InChI=1S/C14H29ClO2/c1-5-14(2,10-7-6-8-12-15)11-9-13(16-3)17-4/h13H,5-12H2,1-4H3/t14-/m0/s1. The predicted molar refractivity (Wildman–Crippen MR) is 74.6 cm³/mol. The van der Waals surface area contributed by atoms with Crippen molar-refractivity contribution < 1.29 is 9.47 Å². The lowest BCUT2D eigenvalue weighted by Gasteiger charge is -2.29. The van der Waals surface area contributed by atoms with E-state index in [0.717, 1.165) is 25.1 Å². The molecule has 0 aliphatic heterocycles. The molecular weight excluding hydrogens is 236 g/mol. The lowest BCUT2D eigenvalue weighted by atomic mass is 9.78. The number of halogens is 1. The average molecular weight is 265 g/mol. The molecule has 0 amide bonds. The van der Waals surface area contributed by atoms with Crippen LogP contribution in [0.1, 0.15) is 58.8 Å². The van der Waals surface area contributed by atoms with Crippen molar-refractivity contribution >= 4 is 11.6 Å². The van der Waals surface area contributed by atoms with Gasteiger partial charge in [0.25, 0.3) is 0 Å². The van der Waals surface area contributed by atoms with Crippen LogP contribution in [0.4, 0.5) is 0 Å². The fourth-order valence-corrected chi connectivity index (χ4v) is 2.29. The van der Waals surface area contributed by atoms with Gasteiger partial charge < -0.3 is 9.47 Å². The number of ether oxygens (including phenoxy) is 2. The quantitative estimate of drug-likeness (QED) is 0.308. The molecule has 0 radical (unpaired) electrons. The Morgan fingerprint density at radius 1 is 1.06 bits per heavy atom. The van der Waals surface area contributed by atoms with Gasteiger partial charge in [-0.3, -0.25) is 0 Å². The first-order valence-electron chi connectivity index (χ1n) is 6.73. The molecule has 3 heteroatoms. The summed E-state index contributed by atoms with van der Waals surface area (Å²) >= 11 is 5.69. The first-order valence-corrected chi connectivity index (χ1v) is 7.27. The molecule has 0 fully saturated rings. The van der Waals surface area contributed by atoms with Crippen LogP contribution in [-0.4, -0.2) is 26.4 Å². The van der Waals surface area contributed by atoms with Gasteiger partial charge in [-0.25, -0.2) is 0 Å². The lowest BCUT2D eigenvalue weighted by Crippen LogP contribution is -2.21. The summed E-state index contributed by atoms with van der Waals surface area (Å²) in [5, 5.41) is 0. The minimum Gasteiger partial charge on any atom is -0.356 e. The van der Waals surface area contributed by atoms with E-state index >= 15 is 0 Å². The second kappa shape index (κ2) is 10.2. The van der Waals surface area contributed by atoms with Gasteiger partial charge >= 0.3 is 0 Å². The van der Waals surface area contributed by atoms with Gasteiger partial charge in [-0.15, -0.1) is 11.6 Å². The molecule has 0 unspecified atom stereocenters. The summed E-state index contributed by atoms with van der Waals surface area (Å²) in [7, 11) is 3.41. The van der Waals surface area contributed by atoms with Gasteiger partial charge in [0.2, 0.25) is 0 Å². The first-order chi connectivity index (χ1) is 8.11. The van der Waals surface area contributed by atoms with Crippen LogP contribution >= 0.6 is 11.6 Å². The number of alkyl halides is 1. The normalized spacial score (nSPS) is 15.2. The summed E-state index contributed by atoms with van der Waals surface area (Å²) in [5.41, 5.74) is 0.418. The van der Waals surface area contributed by atoms with E-state index in [4.69, 9.17) is 21.1 Å². The van der Waals surface area contributed by atoms with Crippen molar-refractivity contribution in [3.63, 3.8) is 0 Å². The van der Waals surface area contributed by atoms with E-state index in [0.29, 0.717) is 5.41 Å². The molecule has 1 atom stereocenters. The first kappa shape index (κ1) is 17.2. The molecule has 0 N–H and O–H groups in total. The fourth-order valence-electron chi connectivity index (χ4n) is 2.10. The highest BCUT2D eigenvalue weighted by Gasteiger charge is 2.23. The largest absolute Gasteiger partial charge is 0.356 e. The van der Waals surface area contributed by atoms with Gasteiger partial charge in [-0.05, 0) is 31.1 Å². The third-order valence-electron chi connectivity index (χ3n) is 3.78. The molecule has 0 spiro atoms. The maximum atomic E-state index is 5.69. The van der Waals surface area contributed by atoms with Gasteiger partial charge in [-0.2, -0.15) is 0 Å². The van der Waals surface area contributed by atoms with Gasteiger partial charge in [0, 0.05) is 20.1 Å². The Labute approximate surface area is 112 Å². The molecule has 0 rings (SSSR count). The molecule has 0 aromatic carbocycles. The van der Waals surface area contributed by atoms with Crippen LogP contribution in [0.2, 0.25) is 0 Å². The van der Waals surface area contributed by atoms with Crippen LogP contribution < -0.4 is 0 Å². The summed E-state index contributed by atoms with van der Waals surface area (Å²) in [4.78, 5) is 0. The topological polar surface area (TPSA) is 18.5 Å². The van der Waals surface area contributed by atoms with Gasteiger partial charge in [0.15, 0.2) is 6.29 Å². The molecule has 0 saturated carbocycles. The van der Waals surface area contributed by atoms with Crippen molar-refractivity contribution in [1.29, 1.82) is 0 Å². The summed E-state index contributed by atoms with van der Waals surface area (Å²) < 4.78 is 10.5. The molecule has 0 aromatic rings. The Balaban J connectivity index is 3.91. The maximum Gasteiger partial charge on any atom is 0.156 e. The molecule has 0 saturated heterocycles. The highest BCUT2D eigenvalue weighted by atomic mass is 35.5. The minimum atomic E-state index is -0.0521. The van der Waals surface area contributed by atoms with Crippen molar-refractivity contribution in [1.82, 2.24) is 0 Å². The van der Waals surface area contributed by atoms with Crippen molar-refractivity contribution in [2.75, 3.05) is 20.1 Å². The second-order valence-corrected chi connectivity index (χ2v) is 5.48. The Bertz CT molecular complexity index is 172. The minimum absolute atomic E-state index is 0.0521. The Morgan fingerprint density at radius 3 is 2.18 bits per heavy atom. The SMILES string of the molecule is CC[C@@](C)(CCCCCCl)CCC(OC)OC. The number of rotatable bonds is 11. The average Bonchev–Trinajstić information content (AvgIpc) is 2.36. The van der Waals surface area contributed by atoms with E-state index in [1.54, 1.807) is 14.2 Å². The lowest BCUT2D eigenvalue weighted by molar-refractivity contribution is -0.111. The van der Waals surface area contributed by atoms with E-state index in [-0.39, 0.29) is 6.29 Å². The van der Waals surface area contributed by atoms with E-state index in [1.807, 2.05) is 0 Å². The molecule has 0 aromatic heterocycles. The van der Waals surface area contributed by atoms with Gasteiger partial charge in [0.05, 0.1) is 0 Å². The summed E-state index contributed by atoms with van der Waals surface area (Å²) in [6.45, 7) is 4.65. The van der Waals surface area contributed by atoms with Crippen molar-refractivity contribution in [2.45, 2.75) is 65.1 Å². The molecule has 2 nitrogen and oxygen atoms in total. The predicted octanol–water partition coefficient (Wildman–Crippen LogP) is 4.60. The van der Waals surface area contributed by atoms with E-state index < -0.39 is 0 Å².